The summed E-state index contributed by atoms with van der Waals surface area (Å²) in [7, 11) is 0. The van der Waals surface area contributed by atoms with E-state index in [-0.39, 0.29) is 5.91 Å². The first-order valence-electron chi connectivity index (χ1n) is 7.83. The van der Waals surface area contributed by atoms with Crippen LogP contribution in [0.25, 0.3) is 10.2 Å². The maximum absolute atomic E-state index is 12.0. The first kappa shape index (κ1) is 16.2. The molecule has 2 heterocycles. The predicted octanol–water partition coefficient (Wildman–Crippen LogP) is 2.98. The number of thiazole rings is 1. The van der Waals surface area contributed by atoms with Gasteiger partial charge >= 0.3 is 0 Å². The van der Waals surface area contributed by atoms with E-state index >= 15 is 0 Å². The Balaban J connectivity index is 1.43. The van der Waals surface area contributed by atoms with Crippen LogP contribution in [0, 0.1) is 0 Å². The highest BCUT2D eigenvalue weighted by atomic mass is 32.1. The first-order chi connectivity index (χ1) is 11.8. The van der Waals surface area contributed by atoms with Crippen LogP contribution in [0.2, 0.25) is 0 Å². The quantitative estimate of drug-likeness (QED) is 0.577. The van der Waals surface area contributed by atoms with E-state index < -0.39 is 0 Å². The van der Waals surface area contributed by atoms with Crippen molar-refractivity contribution >= 4 is 32.6 Å². The van der Waals surface area contributed by atoms with Gasteiger partial charge in [0.15, 0.2) is 5.13 Å². The van der Waals surface area contributed by atoms with Crippen LogP contribution < -0.4 is 10.6 Å². The number of aryl methyl sites for hydroxylation is 1. The Kier molecular flexibility index (Phi) is 5.22. The van der Waals surface area contributed by atoms with Crippen LogP contribution in [0.4, 0.5) is 5.13 Å². The third-order valence-corrected chi connectivity index (χ3v) is 4.49. The van der Waals surface area contributed by atoms with Crippen LogP contribution in [0.1, 0.15) is 23.1 Å². The van der Waals surface area contributed by atoms with Crippen molar-refractivity contribution in [3.63, 3.8) is 0 Å². The number of hydrogen-bond acceptors (Lipinski definition) is 5. The van der Waals surface area contributed by atoms with Crippen LogP contribution in [0.5, 0.6) is 0 Å². The van der Waals surface area contributed by atoms with Crippen LogP contribution in [-0.4, -0.2) is 33.9 Å². The van der Waals surface area contributed by atoms with E-state index in [0.717, 1.165) is 22.8 Å². The summed E-state index contributed by atoms with van der Waals surface area (Å²) in [5, 5.41) is 6.99. The average Bonchev–Trinajstić information content (AvgIpc) is 3.23. The Bertz CT molecular complexity index is 818. The fourth-order valence-electron chi connectivity index (χ4n) is 2.28. The molecule has 0 bridgehead atoms. The molecule has 0 aliphatic carbocycles. The second-order valence-electron chi connectivity index (χ2n) is 5.13. The molecule has 3 N–H and O–H groups in total. The Morgan fingerprint density at radius 1 is 1.29 bits per heavy atom. The lowest BCUT2D eigenvalue weighted by Gasteiger charge is -2.01. The van der Waals surface area contributed by atoms with Gasteiger partial charge in [-0.05, 0) is 18.6 Å². The highest BCUT2D eigenvalue weighted by molar-refractivity contribution is 7.22. The largest absolute Gasteiger partial charge is 0.358 e. The zero-order chi connectivity index (χ0) is 16.8. The zero-order valence-electron chi connectivity index (χ0n) is 13.4. The fourth-order valence-corrected chi connectivity index (χ4v) is 3.15. The van der Waals surface area contributed by atoms with Gasteiger partial charge in [0.2, 0.25) is 0 Å². The number of fused-ring (bicyclic) bond motifs is 1. The number of imidazole rings is 1. The maximum Gasteiger partial charge on any atom is 0.272 e. The van der Waals surface area contributed by atoms with Gasteiger partial charge in [0, 0.05) is 18.8 Å². The lowest BCUT2D eigenvalue weighted by atomic mass is 10.2. The molecule has 0 spiro atoms. The van der Waals surface area contributed by atoms with Crippen LogP contribution in [0.15, 0.2) is 42.7 Å². The Labute approximate surface area is 144 Å². The predicted molar refractivity (Wildman–Crippen MR) is 97.5 cm³/mol. The molecule has 1 amide bonds. The van der Waals surface area contributed by atoms with E-state index in [1.807, 2.05) is 37.3 Å². The van der Waals surface area contributed by atoms with Crippen molar-refractivity contribution in [3.05, 3.63) is 54.1 Å². The monoisotopic (exact) mass is 341 g/mol. The van der Waals surface area contributed by atoms with Gasteiger partial charge in [-0.25, -0.2) is 9.97 Å². The van der Waals surface area contributed by atoms with Crippen LogP contribution in [-0.2, 0) is 6.42 Å². The number of amides is 1. The van der Waals surface area contributed by atoms with E-state index in [9.17, 15) is 4.79 Å². The molecule has 0 saturated carbocycles. The summed E-state index contributed by atoms with van der Waals surface area (Å²) in [5.74, 6) is -0.156. The zero-order valence-corrected chi connectivity index (χ0v) is 14.2. The molecule has 0 radical (unpaired) electrons. The number of hydrogen-bond donors (Lipinski definition) is 3. The number of para-hydroxylation sites is 1. The highest BCUT2D eigenvalue weighted by Gasteiger charge is 2.11. The SMILES string of the molecule is CCc1[nH]cnc1C(=O)NC/C=C/CNc1nc2ccccc2s1. The van der Waals surface area contributed by atoms with Crippen molar-refractivity contribution in [2.45, 2.75) is 13.3 Å². The topological polar surface area (TPSA) is 82.7 Å². The number of aromatic nitrogens is 3. The molecule has 0 fully saturated rings. The van der Waals surface area contributed by atoms with Crippen LogP contribution in [0.3, 0.4) is 0 Å². The van der Waals surface area contributed by atoms with Crippen LogP contribution >= 0.6 is 11.3 Å². The van der Waals surface area contributed by atoms with E-state index in [2.05, 4.69) is 31.7 Å². The third-order valence-electron chi connectivity index (χ3n) is 3.50. The van der Waals surface area contributed by atoms with E-state index in [4.69, 9.17) is 0 Å². The average molecular weight is 341 g/mol. The molecule has 0 aliphatic heterocycles. The Morgan fingerprint density at radius 2 is 2.12 bits per heavy atom. The number of carbonyl (C=O) groups excluding carboxylic acids is 1. The molecule has 3 aromatic rings. The maximum atomic E-state index is 12.0. The molecule has 24 heavy (non-hydrogen) atoms. The normalized spacial score (nSPS) is 11.2. The fraction of sp³-hybridized carbons (Fsp3) is 0.235. The number of benzene rings is 1. The molecular weight excluding hydrogens is 322 g/mol. The summed E-state index contributed by atoms with van der Waals surface area (Å²) >= 11 is 1.63. The van der Waals surface area contributed by atoms with Gasteiger partial charge in [-0.3, -0.25) is 4.79 Å². The Morgan fingerprint density at radius 3 is 2.96 bits per heavy atom. The van der Waals surface area contributed by atoms with E-state index in [1.165, 1.54) is 4.70 Å². The molecule has 0 saturated heterocycles. The van der Waals surface area contributed by atoms with Gasteiger partial charge < -0.3 is 15.6 Å². The second-order valence-corrected chi connectivity index (χ2v) is 6.16. The summed E-state index contributed by atoms with van der Waals surface area (Å²) < 4.78 is 1.17. The van der Waals surface area contributed by atoms with Gasteiger partial charge in [0.25, 0.3) is 5.91 Å². The van der Waals surface area contributed by atoms with Crippen molar-refractivity contribution in [2.24, 2.45) is 0 Å². The minimum atomic E-state index is -0.156. The molecule has 0 aliphatic rings. The molecular formula is C17H19N5OS. The Hall–Kier alpha value is -2.67. The molecule has 3 rings (SSSR count). The van der Waals surface area contributed by atoms with Crippen molar-refractivity contribution < 1.29 is 4.79 Å². The smallest absolute Gasteiger partial charge is 0.272 e. The number of rotatable bonds is 7. The number of nitrogens with zero attached hydrogens (tertiary/aromatic N) is 2. The minimum absolute atomic E-state index is 0.156. The number of aromatic amines is 1. The number of H-pyrrole nitrogens is 1. The van der Waals surface area contributed by atoms with Gasteiger partial charge in [-0.15, -0.1) is 0 Å². The van der Waals surface area contributed by atoms with Crippen molar-refractivity contribution in [3.8, 4) is 0 Å². The van der Waals surface area contributed by atoms with Gasteiger partial charge in [-0.2, -0.15) is 0 Å². The molecule has 0 atom stereocenters. The highest BCUT2D eigenvalue weighted by Crippen LogP contribution is 2.24. The first-order valence-corrected chi connectivity index (χ1v) is 8.64. The molecule has 124 valence electrons. The van der Waals surface area contributed by atoms with Gasteiger partial charge in [-0.1, -0.05) is 42.5 Å². The summed E-state index contributed by atoms with van der Waals surface area (Å²) in [6.07, 6.45) is 6.18. The summed E-state index contributed by atoms with van der Waals surface area (Å²) in [6, 6.07) is 8.05. The van der Waals surface area contributed by atoms with Crippen molar-refractivity contribution in [1.29, 1.82) is 0 Å². The summed E-state index contributed by atoms with van der Waals surface area (Å²) in [5.41, 5.74) is 2.33. The molecule has 1 aromatic carbocycles. The van der Waals surface area contributed by atoms with Gasteiger partial charge in [0.1, 0.15) is 5.69 Å². The molecule has 0 unspecified atom stereocenters. The lowest BCUT2D eigenvalue weighted by molar-refractivity contribution is 0.0952. The number of anilines is 1. The molecule has 2 aromatic heterocycles. The number of nitrogens with one attached hydrogen (secondary N) is 3. The summed E-state index contributed by atoms with van der Waals surface area (Å²) in [4.78, 5) is 23.5. The lowest BCUT2D eigenvalue weighted by Crippen LogP contribution is -2.24. The van der Waals surface area contributed by atoms with E-state index in [0.29, 0.717) is 18.8 Å². The standard InChI is InChI=1S/C17H19N5OS/c1-2-12-15(21-11-20-12)16(23)18-9-5-6-10-19-17-22-13-7-3-4-8-14(13)24-17/h3-8,11H,2,9-10H2,1H3,(H,18,23)(H,19,22)(H,20,21)/b6-5+. The molecule has 7 heteroatoms. The van der Waals surface area contributed by atoms with Crippen molar-refractivity contribution in [2.75, 3.05) is 18.4 Å². The molecule has 6 nitrogen and oxygen atoms in total. The van der Waals surface area contributed by atoms with Crippen molar-refractivity contribution in [1.82, 2.24) is 20.3 Å². The second kappa shape index (κ2) is 7.74. The van der Waals surface area contributed by atoms with E-state index in [1.54, 1.807) is 17.7 Å². The number of carbonyl (C=O) groups is 1. The summed E-state index contributed by atoms with van der Waals surface area (Å²) in [6.45, 7) is 3.12. The van der Waals surface area contributed by atoms with Gasteiger partial charge in [0.05, 0.1) is 16.5 Å². The third kappa shape index (κ3) is 3.80. The minimum Gasteiger partial charge on any atom is -0.358 e.